The van der Waals surface area contributed by atoms with Gasteiger partial charge in [0.05, 0.1) is 4.47 Å². The highest BCUT2D eigenvalue weighted by Crippen LogP contribution is 2.31. The first-order valence-corrected chi connectivity index (χ1v) is 8.22. The quantitative estimate of drug-likeness (QED) is 0.607. The van der Waals surface area contributed by atoms with Crippen molar-refractivity contribution >= 4 is 33.0 Å². The van der Waals surface area contributed by atoms with Gasteiger partial charge in [0.2, 0.25) is 0 Å². The van der Waals surface area contributed by atoms with Crippen LogP contribution in [0.5, 0.6) is 0 Å². The molecule has 1 aromatic heterocycles. The molecule has 3 aromatic rings. The van der Waals surface area contributed by atoms with Crippen LogP contribution in [0.3, 0.4) is 0 Å². The molecule has 0 spiro atoms. The third-order valence-electron chi connectivity index (χ3n) is 3.18. The van der Waals surface area contributed by atoms with Crippen LogP contribution in [0, 0.1) is 5.82 Å². The van der Waals surface area contributed by atoms with Gasteiger partial charge < -0.3 is 5.32 Å². The molecule has 3 rings (SSSR count). The third-order valence-corrected chi connectivity index (χ3v) is 4.73. The molecule has 0 bridgehead atoms. The molecule has 4 heteroatoms. The van der Waals surface area contributed by atoms with Crippen LogP contribution in [-0.4, -0.2) is 0 Å². The zero-order chi connectivity index (χ0) is 14.7. The van der Waals surface area contributed by atoms with E-state index < -0.39 is 0 Å². The number of para-hydroxylation sites is 1. The summed E-state index contributed by atoms with van der Waals surface area (Å²) in [5, 5.41) is 5.45. The summed E-state index contributed by atoms with van der Waals surface area (Å²) in [4.78, 5) is 1.22. The molecule has 0 amide bonds. The number of rotatable bonds is 4. The number of halogens is 2. The summed E-state index contributed by atoms with van der Waals surface area (Å²) in [5.41, 5.74) is 3.14. The molecule has 2 aromatic carbocycles. The van der Waals surface area contributed by atoms with E-state index in [0.29, 0.717) is 11.0 Å². The van der Waals surface area contributed by atoms with Gasteiger partial charge in [-0.1, -0.05) is 30.3 Å². The molecule has 0 atom stereocenters. The van der Waals surface area contributed by atoms with Gasteiger partial charge in [-0.3, -0.25) is 0 Å². The van der Waals surface area contributed by atoms with Crippen molar-refractivity contribution in [3.8, 4) is 10.4 Å². The van der Waals surface area contributed by atoms with E-state index in [1.807, 2.05) is 30.3 Å². The lowest BCUT2D eigenvalue weighted by atomic mass is 10.1. The smallest absolute Gasteiger partial charge is 0.137 e. The van der Waals surface area contributed by atoms with Gasteiger partial charge in [0.1, 0.15) is 5.82 Å². The van der Waals surface area contributed by atoms with Gasteiger partial charge in [-0.15, -0.1) is 11.3 Å². The number of nitrogens with one attached hydrogen (secondary N) is 1. The second-order valence-electron chi connectivity index (χ2n) is 4.62. The lowest BCUT2D eigenvalue weighted by Crippen LogP contribution is -2.01. The number of benzene rings is 2. The molecule has 0 aliphatic carbocycles. The molecule has 1 nitrogen and oxygen atoms in total. The fourth-order valence-electron chi connectivity index (χ4n) is 2.13. The van der Waals surface area contributed by atoms with E-state index in [4.69, 9.17) is 0 Å². The van der Waals surface area contributed by atoms with E-state index in [0.717, 1.165) is 11.3 Å². The molecule has 1 N–H and O–H groups in total. The summed E-state index contributed by atoms with van der Waals surface area (Å²) >= 11 is 4.88. The van der Waals surface area contributed by atoms with Crippen LogP contribution in [0.25, 0.3) is 10.4 Å². The summed E-state index contributed by atoms with van der Waals surface area (Å²) < 4.78 is 14.0. The van der Waals surface area contributed by atoms with E-state index in [1.165, 1.54) is 10.4 Å². The average Bonchev–Trinajstić information content (AvgIpc) is 3.03. The number of anilines is 1. The number of hydrogen-bond donors (Lipinski definition) is 1. The maximum Gasteiger partial charge on any atom is 0.137 e. The third kappa shape index (κ3) is 3.34. The average molecular weight is 362 g/mol. The van der Waals surface area contributed by atoms with Gasteiger partial charge in [0, 0.05) is 22.7 Å². The monoisotopic (exact) mass is 361 g/mol. The molecule has 0 saturated heterocycles. The molecule has 0 aliphatic heterocycles. The summed E-state index contributed by atoms with van der Waals surface area (Å²) in [6.45, 7) is 0.590. The molecule has 0 radical (unpaired) electrons. The Labute approximate surface area is 135 Å². The maximum atomic E-state index is 13.5. The molecule has 0 fully saturated rings. The molecule has 0 aliphatic rings. The number of hydrogen-bond acceptors (Lipinski definition) is 2. The Morgan fingerprint density at radius 2 is 1.90 bits per heavy atom. The summed E-state index contributed by atoms with van der Waals surface area (Å²) in [6, 6.07) is 17.5. The van der Waals surface area contributed by atoms with Crippen LogP contribution in [0.2, 0.25) is 0 Å². The van der Waals surface area contributed by atoms with E-state index in [9.17, 15) is 4.39 Å². The minimum atomic E-state index is -0.235. The van der Waals surface area contributed by atoms with Gasteiger partial charge in [-0.25, -0.2) is 4.39 Å². The first-order valence-electron chi connectivity index (χ1n) is 6.55. The highest BCUT2D eigenvalue weighted by molar-refractivity contribution is 9.10. The highest BCUT2D eigenvalue weighted by atomic mass is 79.9. The van der Waals surface area contributed by atoms with Gasteiger partial charge in [-0.2, -0.15) is 0 Å². The predicted octanol–water partition coefficient (Wildman–Crippen LogP) is 5.93. The van der Waals surface area contributed by atoms with Crippen molar-refractivity contribution in [2.24, 2.45) is 0 Å². The minimum Gasteiger partial charge on any atom is -0.380 e. The van der Waals surface area contributed by atoms with Crippen LogP contribution in [0.15, 0.2) is 64.5 Å². The lowest BCUT2D eigenvalue weighted by Gasteiger charge is -2.11. The van der Waals surface area contributed by atoms with Crippen molar-refractivity contribution in [3.05, 3.63) is 75.8 Å². The first kappa shape index (κ1) is 14.3. The van der Waals surface area contributed by atoms with Crippen LogP contribution in [0.1, 0.15) is 5.56 Å². The predicted molar refractivity (Wildman–Crippen MR) is 91.2 cm³/mol. The fraction of sp³-hybridized carbons (Fsp3) is 0.0588. The van der Waals surface area contributed by atoms with E-state index >= 15 is 0 Å². The van der Waals surface area contributed by atoms with E-state index in [1.54, 1.807) is 23.5 Å². The van der Waals surface area contributed by atoms with Gasteiger partial charge in [0.15, 0.2) is 0 Å². The fourth-order valence-corrected chi connectivity index (χ4v) is 3.14. The SMILES string of the molecule is Fc1cc(CNc2ccccc2-c2cccs2)ccc1Br. The van der Waals surface area contributed by atoms with Crippen molar-refractivity contribution in [1.82, 2.24) is 0 Å². The maximum absolute atomic E-state index is 13.5. The standard InChI is InChI=1S/C17H13BrFNS/c18-14-8-7-12(10-15(14)19)11-20-16-5-2-1-4-13(16)17-6-3-9-21-17/h1-10,20H,11H2. The van der Waals surface area contributed by atoms with Crippen LogP contribution < -0.4 is 5.32 Å². The molecular formula is C17H13BrFNS. The van der Waals surface area contributed by atoms with Crippen molar-refractivity contribution in [1.29, 1.82) is 0 Å². The second kappa shape index (κ2) is 6.41. The highest BCUT2D eigenvalue weighted by Gasteiger charge is 2.06. The summed E-state index contributed by atoms with van der Waals surface area (Å²) in [6.07, 6.45) is 0. The molecule has 0 unspecified atom stereocenters. The Balaban J connectivity index is 1.81. The molecule has 106 valence electrons. The lowest BCUT2D eigenvalue weighted by molar-refractivity contribution is 0.619. The summed E-state index contributed by atoms with van der Waals surface area (Å²) in [7, 11) is 0. The van der Waals surface area contributed by atoms with Gasteiger partial charge in [0.25, 0.3) is 0 Å². The van der Waals surface area contributed by atoms with Crippen molar-refractivity contribution in [2.45, 2.75) is 6.54 Å². The molecule has 1 heterocycles. The first-order chi connectivity index (χ1) is 10.2. The summed E-state index contributed by atoms with van der Waals surface area (Å²) in [5.74, 6) is -0.235. The molecular weight excluding hydrogens is 349 g/mol. The largest absolute Gasteiger partial charge is 0.380 e. The number of thiophene rings is 1. The second-order valence-corrected chi connectivity index (χ2v) is 6.43. The normalized spacial score (nSPS) is 10.6. The Kier molecular flexibility index (Phi) is 4.36. The Hall–Kier alpha value is -1.65. The zero-order valence-corrected chi connectivity index (χ0v) is 13.5. The van der Waals surface area contributed by atoms with Gasteiger partial charge in [-0.05, 0) is 51.1 Å². The Bertz CT molecular complexity index is 740. The van der Waals surface area contributed by atoms with Crippen LogP contribution in [-0.2, 0) is 6.54 Å². The Morgan fingerprint density at radius 1 is 1.05 bits per heavy atom. The molecule has 21 heavy (non-hydrogen) atoms. The molecule has 0 saturated carbocycles. The Morgan fingerprint density at radius 3 is 2.67 bits per heavy atom. The van der Waals surface area contributed by atoms with Crippen molar-refractivity contribution in [2.75, 3.05) is 5.32 Å². The van der Waals surface area contributed by atoms with Crippen molar-refractivity contribution in [3.63, 3.8) is 0 Å². The van der Waals surface area contributed by atoms with Crippen LogP contribution in [0.4, 0.5) is 10.1 Å². The van der Waals surface area contributed by atoms with Crippen molar-refractivity contribution < 1.29 is 4.39 Å². The zero-order valence-electron chi connectivity index (χ0n) is 11.1. The van der Waals surface area contributed by atoms with E-state index in [-0.39, 0.29) is 5.82 Å². The topological polar surface area (TPSA) is 12.0 Å². The van der Waals surface area contributed by atoms with Crippen LogP contribution >= 0.6 is 27.3 Å². The van der Waals surface area contributed by atoms with E-state index in [2.05, 4.69) is 38.8 Å². The minimum absolute atomic E-state index is 0.235. The van der Waals surface area contributed by atoms with Gasteiger partial charge >= 0.3 is 0 Å².